The Hall–Kier alpha value is -1.49. The van der Waals surface area contributed by atoms with Gasteiger partial charge in [-0.1, -0.05) is 11.2 Å². The predicted octanol–water partition coefficient (Wildman–Crippen LogP) is 2.68. The third-order valence-corrected chi connectivity index (χ3v) is 2.97. The van der Waals surface area contributed by atoms with Crippen LogP contribution in [0.3, 0.4) is 0 Å². The monoisotopic (exact) mass is 236 g/mol. The predicted molar refractivity (Wildman–Crippen MR) is 61.6 cm³/mol. The van der Waals surface area contributed by atoms with Gasteiger partial charge >= 0.3 is 0 Å². The van der Waals surface area contributed by atoms with Crippen LogP contribution >= 0.6 is 11.8 Å². The number of methoxy groups -OCH3 is 1. The summed E-state index contributed by atoms with van der Waals surface area (Å²) in [5.74, 6) is 2.87. The van der Waals surface area contributed by atoms with E-state index in [0.717, 1.165) is 10.6 Å². The fraction of sp³-hybridized carbons (Fsp3) is 0.273. The van der Waals surface area contributed by atoms with Crippen LogP contribution in [0, 0.1) is 6.92 Å². The van der Waals surface area contributed by atoms with E-state index in [2.05, 4.69) is 10.1 Å². The minimum absolute atomic E-state index is 0.598. The normalized spacial score (nSPS) is 10.4. The number of benzene rings is 1. The largest absolute Gasteiger partial charge is 0.497 e. The summed E-state index contributed by atoms with van der Waals surface area (Å²) in [5.41, 5.74) is 0. The van der Waals surface area contributed by atoms with Crippen LogP contribution in [0.4, 0.5) is 0 Å². The fourth-order valence-electron chi connectivity index (χ4n) is 1.24. The Bertz CT molecular complexity index is 471. The molecule has 5 heteroatoms. The van der Waals surface area contributed by atoms with Gasteiger partial charge in [-0.2, -0.15) is 4.98 Å². The molecular formula is C11H12N2O2S. The molecule has 1 heterocycles. The van der Waals surface area contributed by atoms with Crippen molar-refractivity contribution in [3.05, 3.63) is 36.0 Å². The van der Waals surface area contributed by atoms with Crippen molar-refractivity contribution in [3.8, 4) is 5.75 Å². The van der Waals surface area contributed by atoms with Gasteiger partial charge in [0.05, 0.1) is 12.9 Å². The molecule has 1 aromatic heterocycles. The number of aryl methyl sites for hydroxylation is 1. The van der Waals surface area contributed by atoms with Crippen molar-refractivity contribution in [2.75, 3.05) is 7.11 Å². The molecule has 0 spiro atoms. The number of rotatable bonds is 4. The van der Waals surface area contributed by atoms with Crippen molar-refractivity contribution in [3.63, 3.8) is 0 Å². The first-order valence-corrected chi connectivity index (χ1v) is 5.82. The minimum Gasteiger partial charge on any atom is -0.497 e. The second-order valence-corrected chi connectivity index (χ2v) is 4.25. The first kappa shape index (κ1) is 11.0. The van der Waals surface area contributed by atoms with Gasteiger partial charge < -0.3 is 9.26 Å². The van der Waals surface area contributed by atoms with Crippen molar-refractivity contribution < 1.29 is 9.26 Å². The van der Waals surface area contributed by atoms with E-state index < -0.39 is 0 Å². The number of hydrogen-bond donors (Lipinski definition) is 0. The van der Waals surface area contributed by atoms with Crippen LogP contribution in [0.25, 0.3) is 0 Å². The van der Waals surface area contributed by atoms with Crippen LogP contribution in [0.1, 0.15) is 11.7 Å². The van der Waals surface area contributed by atoms with Crippen LogP contribution in [-0.4, -0.2) is 17.3 Å². The van der Waals surface area contributed by atoms with Crippen LogP contribution in [0.2, 0.25) is 0 Å². The molecular weight excluding hydrogens is 224 g/mol. The first-order chi connectivity index (χ1) is 7.78. The van der Waals surface area contributed by atoms with Gasteiger partial charge in [0, 0.05) is 11.8 Å². The van der Waals surface area contributed by atoms with E-state index in [-0.39, 0.29) is 0 Å². The van der Waals surface area contributed by atoms with Crippen LogP contribution in [0.15, 0.2) is 33.7 Å². The number of thioether (sulfide) groups is 1. The molecule has 0 aliphatic rings. The standard InChI is InChI=1S/C11H12N2O2S/c1-8-12-11(13-15-8)7-16-10-5-3-4-9(6-10)14-2/h3-6H,7H2,1-2H3. The zero-order valence-electron chi connectivity index (χ0n) is 9.14. The Morgan fingerprint density at radius 3 is 3.00 bits per heavy atom. The molecule has 1 aromatic carbocycles. The molecule has 2 rings (SSSR count). The van der Waals surface area contributed by atoms with E-state index in [4.69, 9.17) is 9.26 Å². The Kier molecular flexibility index (Phi) is 3.46. The van der Waals surface area contributed by atoms with E-state index in [9.17, 15) is 0 Å². The molecule has 4 nitrogen and oxygen atoms in total. The van der Waals surface area contributed by atoms with Crippen LogP contribution in [0.5, 0.6) is 5.75 Å². The molecule has 0 bridgehead atoms. The van der Waals surface area contributed by atoms with Crippen molar-refractivity contribution >= 4 is 11.8 Å². The third kappa shape index (κ3) is 2.76. The average Bonchev–Trinajstić information content (AvgIpc) is 2.73. The van der Waals surface area contributed by atoms with E-state index >= 15 is 0 Å². The highest BCUT2D eigenvalue weighted by atomic mass is 32.2. The molecule has 16 heavy (non-hydrogen) atoms. The van der Waals surface area contributed by atoms with Crippen molar-refractivity contribution in [2.24, 2.45) is 0 Å². The van der Waals surface area contributed by atoms with Crippen molar-refractivity contribution in [1.82, 2.24) is 10.1 Å². The van der Waals surface area contributed by atoms with E-state index in [1.165, 1.54) is 0 Å². The van der Waals surface area contributed by atoms with Crippen molar-refractivity contribution in [1.29, 1.82) is 0 Å². The zero-order chi connectivity index (χ0) is 11.4. The van der Waals surface area contributed by atoms with Gasteiger partial charge in [0.1, 0.15) is 5.75 Å². The van der Waals surface area contributed by atoms with Crippen molar-refractivity contribution in [2.45, 2.75) is 17.6 Å². The Labute approximate surface area is 98.0 Å². The summed E-state index contributed by atoms with van der Waals surface area (Å²) < 4.78 is 10.0. The lowest BCUT2D eigenvalue weighted by atomic mass is 10.3. The first-order valence-electron chi connectivity index (χ1n) is 4.84. The quantitative estimate of drug-likeness (QED) is 0.764. The summed E-state index contributed by atoms with van der Waals surface area (Å²) in [7, 11) is 1.66. The van der Waals surface area contributed by atoms with Gasteiger partial charge in [0.25, 0.3) is 0 Å². The lowest BCUT2D eigenvalue weighted by Crippen LogP contribution is -1.85. The second-order valence-electron chi connectivity index (χ2n) is 3.20. The number of nitrogens with zero attached hydrogens (tertiary/aromatic N) is 2. The molecule has 0 unspecified atom stereocenters. The Morgan fingerprint density at radius 1 is 1.44 bits per heavy atom. The fourth-order valence-corrected chi connectivity index (χ4v) is 2.03. The van der Waals surface area contributed by atoms with Crippen LogP contribution < -0.4 is 4.74 Å². The lowest BCUT2D eigenvalue weighted by molar-refractivity contribution is 0.389. The maximum atomic E-state index is 5.15. The van der Waals surface area contributed by atoms with Gasteiger partial charge in [-0.05, 0) is 18.2 Å². The Balaban J connectivity index is 1.99. The molecule has 0 aliphatic heterocycles. The maximum absolute atomic E-state index is 5.15. The molecule has 2 aromatic rings. The summed E-state index contributed by atoms with van der Waals surface area (Å²) in [6.45, 7) is 1.78. The molecule has 0 saturated carbocycles. The summed E-state index contributed by atoms with van der Waals surface area (Å²) in [6, 6.07) is 7.89. The number of aromatic nitrogens is 2. The van der Waals surface area contributed by atoms with Gasteiger partial charge in [-0.25, -0.2) is 0 Å². The lowest BCUT2D eigenvalue weighted by Gasteiger charge is -2.02. The van der Waals surface area contributed by atoms with Crippen LogP contribution in [-0.2, 0) is 5.75 Å². The van der Waals surface area contributed by atoms with Gasteiger partial charge in [-0.15, -0.1) is 11.8 Å². The summed E-state index contributed by atoms with van der Waals surface area (Å²) >= 11 is 1.65. The van der Waals surface area contributed by atoms with Gasteiger partial charge in [0.2, 0.25) is 5.89 Å². The number of hydrogen-bond acceptors (Lipinski definition) is 5. The highest BCUT2D eigenvalue weighted by molar-refractivity contribution is 7.98. The second kappa shape index (κ2) is 5.03. The summed E-state index contributed by atoms with van der Waals surface area (Å²) in [4.78, 5) is 5.27. The molecule has 0 fully saturated rings. The summed E-state index contributed by atoms with van der Waals surface area (Å²) in [5, 5.41) is 3.84. The maximum Gasteiger partial charge on any atom is 0.223 e. The van der Waals surface area contributed by atoms with Gasteiger partial charge in [-0.3, -0.25) is 0 Å². The van der Waals surface area contributed by atoms with E-state index in [1.807, 2.05) is 24.3 Å². The SMILES string of the molecule is COc1cccc(SCc2noc(C)n2)c1. The molecule has 0 N–H and O–H groups in total. The molecule has 0 saturated heterocycles. The smallest absolute Gasteiger partial charge is 0.223 e. The molecule has 0 radical (unpaired) electrons. The van der Waals surface area contributed by atoms with Gasteiger partial charge in [0.15, 0.2) is 5.82 Å². The highest BCUT2D eigenvalue weighted by Crippen LogP contribution is 2.25. The average molecular weight is 236 g/mol. The molecule has 0 aliphatic carbocycles. The molecule has 0 amide bonds. The highest BCUT2D eigenvalue weighted by Gasteiger charge is 2.03. The van der Waals surface area contributed by atoms with E-state index in [0.29, 0.717) is 17.5 Å². The molecule has 0 atom stereocenters. The number of ether oxygens (including phenoxy) is 1. The third-order valence-electron chi connectivity index (χ3n) is 1.98. The Morgan fingerprint density at radius 2 is 2.31 bits per heavy atom. The van der Waals surface area contributed by atoms with E-state index in [1.54, 1.807) is 25.8 Å². The zero-order valence-corrected chi connectivity index (χ0v) is 9.95. The molecule has 84 valence electrons. The minimum atomic E-state index is 0.598. The topological polar surface area (TPSA) is 48.2 Å². The summed E-state index contributed by atoms with van der Waals surface area (Å²) in [6.07, 6.45) is 0.